The number of carbonyl (C=O) groups is 1. The number of nitrogens with one attached hydrogen (secondary N) is 2. The van der Waals surface area contributed by atoms with Crippen LogP contribution >= 0.6 is 11.3 Å². The van der Waals surface area contributed by atoms with Gasteiger partial charge in [-0.2, -0.15) is 0 Å². The summed E-state index contributed by atoms with van der Waals surface area (Å²) < 4.78 is 5.95. The summed E-state index contributed by atoms with van der Waals surface area (Å²) in [6.07, 6.45) is 2.80. The van der Waals surface area contributed by atoms with Gasteiger partial charge in [0.15, 0.2) is 5.13 Å². The van der Waals surface area contributed by atoms with Gasteiger partial charge in [-0.15, -0.1) is 11.3 Å². The molecule has 26 heavy (non-hydrogen) atoms. The van der Waals surface area contributed by atoms with Crippen LogP contribution in [0.2, 0.25) is 0 Å². The number of benzene rings is 1. The third-order valence-electron chi connectivity index (χ3n) is 5.06. The fourth-order valence-electron chi connectivity index (χ4n) is 3.87. The van der Waals surface area contributed by atoms with Crippen molar-refractivity contribution in [2.75, 3.05) is 25.5 Å². The molecule has 0 unspecified atom stereocenters. The molecule has 3 rings (SSSR count). The van der Waals surface area contributed by atoms with Crippen LogP contribution < -0.4 is 10.6 Å². The van der Waals surface area contributed by atoms with Crippen molar-refractivity contribution in [3.8, 4) is 0 Å². The van der Waals surface area contributed by atoms with Gasteiger partial charge in [0.1, 0.15) is 5.69 Å². The molecule has 0 radical (unpaired) electrons. The van der Waals surface area contributed by atoms with Gasteiger partial charge in [-0.25, -0.2) is 4.98 Å². The summed E-state index contributed by atoms with van der Waals surface area (Å²) in [5, 5.41) is 8.54. The molecule has 0 bridgehead atoms. The number of carbonyl (C=O) groups excluding carboxylic acids is 1. The molecule has 2 N–H and O–H groups in total. The minimum Gasteiger partial charge on any atom is -0.376 e. The van der Waals surface area contributed by atoms with Crippen LogP contribution in [0.1, 0.15) is 49.2 Å². The highest BCUT2D eigenvalue weighted by atomic mass is 32.1. The summed E-state index contributed by atoms with van der Waals surface area (Å²) >= 11 is 1.44. The molecule has 0 spiro atoms. The highest BCUT2D eigenvalue weighted by Gasteiger charge is 2.41. The van der Waals surface area contributed by atoms with E-state index in [0.717, 1.165) is 31.0 Å². The molecule has 1 atom stereocenters. The summed E-state index contributed by atoms with van der Waals surface area (Å²) in [4.78, 5) is 16.6. The van der Waals surface area contributed by atoms with E-state index in [1.165, 1.54) is 16.9 Å². The molecule has 0 saturated carbocycles. The Morgan fingerprint density at radius 3 is 2.73 bits per heavy atom. The highest BCUT2D eigenvalue weighted by Crippen LogP contribution is 2.43. The molecule has 2 heterocycles. The number of hydrogen-bond acceptors (Lipinski definition) is 5. The normalized spacial score (nSPS) is 22.0. The summed E-state index contributed by atoms with van der Waals surface area (Å²) in [6, 6.07) is 10.6. The second-order valence-electron chi connectivity index (χ2n) is 7.48. The summed E-state index contributed by atoms with van der Waals surface area (Å²) in [5.74, 6) is -0.114. The maximum Gasteiger partial charge on any atom is 0.270 e. The van der Waals surface area contributed by atoms with Crippen LogP contribution in [0.4, 0.5) is 5.13 Å². The van der Waals surface area contributed by atoms with E-state index >= 15 is 0 Å². The predicted molar refractivity (Wildman–Crippen MR) is 106 cm³/mol. The average molecular weight is 374 g/mol. The van der Waals surface area contributed by atoms with Crippen LogP contribution in [0.5, 0.6) is 0 Å². The van der Waals surface area contributed by atoms with Crippen molar-refractivity contribution in [2.24, 2.45) is 0 Å². The third-order valence-corrected chi connectivity index (χ3v) is 5.92. The molecule has 2 aromatic rings. The van der Waals surface area contributed by atoms with Gasteiger partial charge in [0.2, 0.25) is 0 Å². The zero-order chi connectivity index (χ0) is 18.6. The number of hydrogen-bond donors (Lipinski definition) is 2. The van der Waals surface area contributed by atoms with Gasteiger partial charge >= 0.3 is 0 Å². The minimum absolute atomic E-state index is 0.0223. The van der Waals surface area contributed by atoms with Gasteiger partial charge in [0.25, 0.3) is 5.91 Å². The lowest BCUT2D eigenvalue weighted by Crippen LogP contribution is -2.45. The molecular weight excluding hydrogens is 346 g/mol. The summed E-state index contributed by atoms with van der Waals surface area (Å²) in [7, 11) is 1.80. The second-order valence-corrected chi connectivity index (χ2v) is 8.33. The number of aromatic nitrogens is 1. The van der Waals surface area contributed by atoms with Crippen LogP contribution in [0.15, 0.2) is 35.7 Å². The van der Waals surface area contributed by atoms with E-state index in [1.54, 1.807) is 12.4 Å². The van der Waals surface area contributed by atoms with Gasteiger partial charge in [-0.3, -0.25) is 4.79 Å². The lowest BCUT2D eigenvalue weighted by Gasteiger charge is -2.45. The molecule has 1 aromatic heterocycles. The zero-order valence-corrected chi connectivity index (χ0v) is 16.5. The lowest BCUT2D eigenvalue weighted by molar-refractivity contribution is -0.0838. The minimum atomic E-state index is -0.158. The molecule has 6 heteroatoms. The van der Waals surface area contributed by atoms with Gasteiger partial charge in [0.05, 0.1) is 5.60 Å². The first-order valence-electron chi connectivity index (χ1n) is 9.05. The molecule has 140 valence electrons. The number of rotatable bonds is 6. The van der Waals surface area contributed by atoms with Crippen LogP contribution in [0.3, 0.4) is 0 Å². The van der Waals surface area contributed by atoms with E-state index in [1.807, 2.05) is 6.07 Å². The van der Waals surface area contributed by atoms with E-state index < -0.39 is 0 Å². The Kier molecular flexibility index (Phi) is 5.63. The Morgan fingerprint density at radius 2 is 2.08 bits per heavy atom. The van der Waals surface area contributed by atoms with Crippen molar-refractivity contribution < 1.29 is 9.53 Å². The maximum atomic E-state index is 12.4. The van der Waals surface area contributed by atoms with Crippen LogP contribution in [0.25, 0.3) is 0 Å². The third kappa shape index (κ3) is 4.24. The molecule has 1 saturated heterocycles. The Morgan fingerprint density at radius 1 is 1.31 bits per heavy atom. The summed E-state index contributed by atoms with van der Waals surface area (Å²) in [6.45, 7) is 5.66. The molecule has 1 amide bonds. The number of thiazole rings is 1. The summed E-state index contributed by atoms with van der Waals surface area (Å²) in [5.41, 5.74) is 1.67. The highest BCUT2D eigenvalue weighted by molar-refractivity contribution is 7.13. The largest absolute Gasteiger partial charge is 0.376 e. The van der Waals surface area contributed by atoms with E-state index in [4.69, 9.17) is 4.74 Å². The van der Waals surface area contributed by atoms with Crippen LogP contribution in [-0.4, -0.2) is 36.7 Å². The van der Waals surface area contributed by atoms with Crippen molar-refractivity contribution in [1.29, 1.82) is 0 Å². The van der Waals surface area contributed by atoms with Gasteiger partial charge in [-0.05, 0) is 38.7 Å². The maximum absolute atomic E-state index is 12.4. The van der Waals surface area contributed by atoms with Crippen molar-refractivity contribution >= 4 is 22.4 Å². The standard InChI is InChI=1S/C20H27N3O2S/c1-19(2)14-20(10-12-25-19,15-7-5-4-6-8-15)9-11-22-17(24)16-13-26-18(21-3)23-16/h4-8,13H,9-12,14H2,1-3H3,(H,21,23)(H,22,24)/t20-/m0/s1. The predicted octanol–water partition coefficient (Wildman–Crippen LogP) is 3.83. The van der Waals surface area contributed by atoms with Crippen molar-refractivity contribution in [2.45, 2.75) is 44.1 Å². The Bertz CT molecular complexity index is 745. The SMILES string of the molecule is CNc1nc(C(=O)NCC[C@]2(c3ccccc3)CCOC(C)(C)C2)cs1. The van der Waals surface area contributed by atoms with Crippen molar-refractivity contribution in [1.82, 2.24) is 10.3 Å². The second kappa shape index (κ2) is 7.76. The number of nitrogens with zero attached hydrogens (tertiary/aromatic N) is 1. The first kappa shape index (κ1) is 18.9. The molecule has 1 fully saturated rings. The van der Waals surface area contributed by atoms with Crippen LogP contribution in [0, 0.1) is 0 Å². The van der Waals surface area contributed by atoms with Gasteiger partial charge in [0, 0.05) is 31.0 Å². The fourth-order valence-corrected chi connectivity index (χ4v) is 4.52. The molecule has 1 aliphatic rings. The lowest BCUT2D eigenvalue weighted by atomic mass is 9.67. The van der Waals surface area contributed by atoms with E-state index in [9.17, 15) is 4.79 Å². The monoisotopic (exact) mass is 373 g/mol. The Labute approximate surface area is 159 Å². The first-order valence-corrected chi connectivity index (χ1v) is 9.93. The zero-order valence-electron chi connectivity index (χ0n) is 15.7. The van der Waals surface area contributed by atoms with E-state index in [-0.39, 0.29) is 16.9 Å². The fraction of sp³-hybridized carbons (Fsp3) is 0.500. The molecule has 0 aliphatic carbocycles. The number of ether oxygens (including phenoxy) is 1. The molecule has 1 aliphatic heterocycles. The molecular formula is C20H27N3O2S. The Hall–Kier alpha value is -1.92. The first-order chi connectivity index (χ1) is 12.4. The quantitative estimate of drug-likeness (QED) is 0.808. The van der Waals surface area contributed by atoms with E-state index in [0.29, 0.717) is 12.2 Å². The van der Waals surface area contributed by atoms with Crippen molar-refractivity contribution in [3.63, 3.8) is 0 Å². The topological polar surface area (TPSA) is 63.2 Å². The smallest absolute Gasteiger partial charge is 0.270 e. The Balaban J connectivity index is 1.69. The number of anilines is 1. The van der Waals surface area contributed by atoms with Gasteiger partial charge in [-0.1, -0.05) is 30.3 Å². The number of amides is 1. The van der Waals surface area contributed by atoms with Crippen molar-refractivity contribution in [3.05, 3.63) is 47.0 Å². The van der Waals surface area contributed by atoms with Crippen LogP contribution in [-0.2, 0) is 10.2 Å². The molecule has 5 nitrogen and oxygen atoms in total. The van der Waals surface area contributed by atoms with E-state index in [2.05, 4.69) is 53.7 Å². The average Bonchev–Trinajstić information content (AvgIpc) is 3.11. The van der Waals surface area contributed by atoms with Gasteiger partial charge < -0.3 is 15.4 Å². The molecule has 1 aromatic carbocycles.